The Bertz CT molecular complexity index is 89.0. The predicted molar refractivity (Wildman–Crippen MR) is 55.1 cm³/mol. The predicted octanol–water partition coefficient (Wildman–Crippen LogP) is 3.58. The third-order valence-corrected chi connectivity index (χ3v) is 2.09. The number of rotatable bonds is 9. The average molecular weight is 168 g/mol. The van der Waals surface area contributed by atoms with Crippen molar-refractivity contribution in [3.63, 3.8) is 0 Å². The highest BCUT2D eigenvalue weighted by molar-refractivity contribution is 4.65. The summed E-state index contributed by atoms with van der Waals surface area (Å²) in [7, 11) is 0. The Morgan fingerprint density at radius 1 is 0.833 bits per heavy atom. The summed E-state index contributed by atoms with van der Waals surface area (Å²) in [6.45, 7) is 4.31. The molecule has 0 spiro atoms. The molecule has 1 radical (unpaired) electrons. The van der Waals surface area contributed by atoms with E-state index in [9.17, 15) is 0 Å². The molecule has 0 saturated heterocycles. The Balaban J connectivity index is 2.77. The third kappa shape index (κ3) is 9.70. The molecule has 0 aliphatic heterocycles. The molecule has 71 valence electrons. The summed E-state index contributed by atoms with van der Waals surface area (Å²) in [6, 6.07) is 0. The average Bonchev–Trinajstić information content (AvgIpc) is 2.10. The van der Waals surface area contributed by atoms with Crippen molar-refractivity contribution in [2.75, 3.05) is 6.54 Å². The molecule has 1 heteroatoms. The van der Waals surface area contributed by atoms with Gasteiger partial charge in [0.2, 0.25) is 0 Å². The zero-order chi connectivity index (χ0) is 9.07. The fraction of sp³-hybridized carbons (Fsp3) is 0.818. The van der Waals surface area contributed by atoms with Crippen LogP contribution in [0.3, 0.4) is 0 Å². The molecule has 0 atom stereocenters. The second kappa shape index (κ2) is 10.7. The largest absolute Gasteiger partial charge is 0.258 e. The highest BCUT2D eigenvalue weighted by Gasteiger charge is 1.89. The van der Waals surface area contributed by atoms with E-state index >= 15 is 0 Å². The molecule has 1 N–H and O–H groups in total. The zero-order valence-corrected chi connectivity index (χ0v) is 8.15. The number of allylic oxidation sites excluding steroid dienone is 1. The van der Waals surface area contributed by atoms with Crippen LogP contribution in [-0.2, 0) is 0 Å². The lowest BCUT2D eigenvalue weighted by atomic mass is 10.1. The van der Waals surface area contributed by atoms with Gasteiger partial charge in [-0.25, -0.2) is 0 Å². The summed E-state index contributed by atoms with van der Waals surface area (Å²) in [5.41, 5.74) is 6.96. The minimum Gasteiger partial charge on any atom is -0.258 e. The van der Waals surface area contributed by atoms with Crippen molar-refractivity contribution >= 4 is 0 Å². The summed E-state index contributed by atoms with van der Waals surface area (Å²) in [5, 5.41) is 0. The van der Waals surface area contributed by atoms with Gasteiger partial charge in [-0.3, -0.25) is 5.73 Å². The lowest BCUT2D eigenvalue weighted by Crippen LogP contribution is -1.85. The van der Waals surface area contributed by atoms with E-state index in [0.29, 0.717) is 6.54 Å². The molecule has 0 unspecified atom stereocenters. The monoisotopic (exact) mass is 168 g/mol. The van der Waals surface area contributed by atoms with Crippen LogP contribution >= 0.6 is 0 Å². The lowest BCUT2D eigenvalue weighted by Gasteiger charge is -1.99. The molecular weight excluding hydrogens is 146 g/mol. The van der Waals surface area contributed by atoms with Crippen molar-refractivity contribution in [1.29, 1.82) is 0 Å². The number of nitrogens with one attached hydrogen (secondary N) is 1. The first kappa shape index (κ1) is 11.7. The Hall–Kier alpha value is -0.300. The van der Waals surface area contributed by atoms with Crippen LogP contribution in [0.1, 0.15) is 51.4 Å². The van der Waals surface area contributed by atoms with Gasteiger partial charge in [-0.1, -0.05) is 38.2 Å². The van der Waals surface area contributed by atoms with E-state index in [4.69, 9.17) is 5.73 Å². The maximum Gasteiger partial charge on any atom is 0.00997 e. The normalized spacial score (nSPS) is 10.1. The maximum atomic E-state index is 6.96. The van der Waals surface area contributed by atoms with Crippen LogP contribution in [0.25, 0.3) is 0 Å². The van der Waals surface area contributed by atoms with Crippen molar-refractivity contribution in [2.45, 2.75) is 51.4 Å². The van der Waals surface area contributed by atoms with Gasteiger partial charge in [0.1, 0.15) is 0 Å². The fourth-order valence-corrected chi connectivity index (χ4v) is 1.30. The zero-order valence-electron chi connectivity index (χ0n) is 8.15. The molecule has 0 aromatic rings. The van der Waals surface area contributed by atoms with Gasteiger partial charge in [0.05, 0.1) is 0 Å². The van der Waals surface area contributed by atoms with E-state index in [0.717, 1.165) is 6.42 Å². The van der Waals surface area contributed by atoms with Gasteiger partial charge >= 0.3 is 0 Å². The molecule has 0 fully saturated rings. The summed E-state index contributed by atoms with van der Waals surface area (Å²) >= 11 is 0. The molecule has 12 heavy (non-hydrogen) atoms. The van der Waals surface area contributed by atoms with Crippen LogP contribution in [0.4, 0.5) is 0 Å². The van der Waals surface area contributed by atoms with Crippen LogP contribution in [0.15, 0.2) is 12.7 Å². The second-order valence-corrected chi connectivity index (χ2v) is 3.30. The Labute approximate surface area is 77.0 Å². The molecule has 0 aromatic heterocycles. The molecule has 0 rings (SSSR count). The standard InChI is InChI=1S/C11H22N/c1-2-3-4-5-6-7-8-9-10-11-12/h2,12H,1,3-11H2. The maximum absolute atomic E-state index is 6.96. The van der Waals surface area contributed by atoms with Crippen molar-refractivity contribution in [2.24, 2.45) is 0 Å². The van der Waals surface area contributed by atoms with Crippen LogP contribution < -0.4 is 5.73 Å². The molecule has 0 heterocycles. The van der Waals surface area contributed by atoms with Crippen molar-refractivity contribution < 1.29 is 0 Å². The number of hydrogen-bond acceptors (Lipinski definition) is 0. The minimum absolute atomic E-state index is 0.608. The SMILES string of the molecule is C=CCCCCCCCCC[NH]. The van der Waals surface area contributed by atoms with Crippen molar-refractivity contribution in [3.05, 3.63) is 12.7 Å². The molecule has 0 bridgehead atoms. The van der Waals surface area contributed by atoms with Crippen LogP contribution in [0, 0.1) is 0 Å². The molecule has 0 aliphatic rings. The van der Waals surface area contributed by atoms with Gasteiger partial charge in [-0.05, 0) is 19.3 Å². The van der Waals surface area contributed by atoms with E-state index in [2.05, 4.69) is 6.58 Å². The van der Waals surface area contributed by atoms with Crippen LogP contribution in [0.5, 0.6) is 0 Å². The third-order valence-electron chi connectivity index (χ3n) is 2.09. The van der Waals surface area contributed by atoms with Gasteiger partial charge in [0.15, 0.2) is 0 Å². The Morgan fingerprint density at radius 2 is 1.33 bits per heavy atom. The summed E-state index contributed by atoms with van der Waals surface area (Å²) in [4.78, 5) is 0. The molecule has 0 amide bonds. The number of unbranched alkanes of at least 4 members (excludes halogenated alkanes) is 7. The van der Waals surface area contributed by atoms with E-state index in [1.54, 1.807) is 0 Å². The Kier molecular flexibility index (Phi) is 10.4. The van der Waals surface area contributed by atoms with Gasteiger partial charge in [0.25, 0.3) is 0 Å². The molecule has 0 aliphatic carbocycles. The first-order chi connectivity index (χ1) is 5.91. The number of hydrogen-bond donors (Lipinski definition) is 0. The quantitative estimate of drug-likeness (QED) is 0.371. The van der Waals surface area contributed by atoms with Gasteiger partial charge < -0.3 is 0 Å². The summed E-state index contributed by atoms with van der Waals surface area (Å²) < 4.78 is 0. The smallest absolute Gasteiger partial charge is 0.00997 e. The van der Waals surface area contributed by atoms with Crippen molar-refractivity contribution in [1.82, 2.24) is 5.73 Å². The first-order valence-electron chi connectivity index (χ1n) is 5.17. The lowest BCUT2D eigenvalue weighted by molar-refractivity contribution is 0.583. The molecule has 1 nitrogen and oxygen atoms in total. The van der Waals surface area contributed by atoms with E-state index in [1.807, 2.05) is 6.08 Å². The molecule has 0 aromatic carbocycles. The fourth-order valence-electron chi connectivity index (χ4n) is 1.30. The van der Waals surface area contributed by atoms with Gasteiger partial charge in [-0.2, -0.15) is 0 Å². The first-order valence-corrected chi connectivity index (χ1v) is 5.17. The summed E-state index contributed by atoms with van der Waals surface area (Å²) in [5.74, 6) is 0. The topological polar surface area (TPSA) is 23.8 Å². The van der Waals surface area contributed by atoms with Crippen LogP contribution in [0.2, 0.25) is 0 Å². The highest BCUT2D eigenvalue weighted by atomic mass is 14.5. The molecular formula is C11H22N. The second-order valence-electron chi connectivity index (χ2n) is 3.30. The minimum atomic E-state index is 0.608. The van der Waals surface area contributed by atoms with Crippen LogP contribution in [-0.4, -0.2) is 6.54 Å². The molecule has 0 saturated carbocycles. The van der Waals surface area contributed by atoms with Gasteiger partial charge in [0, 0.05) is 6.54 Å². The Morgan fingerprint density at radius 3 is 1.83 bits per heavy atom. The van der Waals surface area contributed by atoms with Gasteiger partial charge in [-0.15, -0.1) is 6.58 Å². The van der Waals surface area contributed by atoms with E-state index < -0.39 is 0 Å². The highest BCUT2D eigenvalue weighted by Crippen LogP contribution is 2.08. The van der Waals surface area contributed by atoms with E-state index in [-0.39, 0.29) is 0 Å². The summed E-state index contributed by atoms with van der Waals surface area (Å²) in [6.07, 6.45) is 12.2. The van der Waals surface area contributed by atoms with Crippen molar-refractivity contribution in [3.8, 4) is 0 Å². The van der Waals surface area contributed by atoms with E-state index in [1.165, 1.54) is 44.9 Å².